The van der Waals surface area contributed by atoms with Crippen molar-refractivity contribution in [1.29, 1.82) is 0 Å². The Bertz CT molecular complexity index is 1380. The Morgan fingerprint density at radius 3 is 1.46 bits per heavy atom. The van der Waals surface area contributed by atoms with Crippen molar-refractivity contribution in [2.75, 3.05) is 0 Å². The predicted octanol–water partition coefficient (Wildman–Crippen LogP) is 6.77. The van der Waals surface area contributed by atoms with Gasteiger partial charge in [-0.15, -0.1) is 0 Å². The predicted molar refractivity (Wildman–Crippen MR) is 144 cm³/mol. The van der Waals surface area contributed by atoms with Gasteiger partial charge in [0.1, 0.15) is 0 Å². The third-order valence-corrected chi connectivity index (χ3v) is 7.18. The van der Waals surface area contributed by atoms with E-state index in [0.29, 0.717) is 51.3 Å². The Labute approximate surface area is 216 Å². The highest BCUT2D eigenvalue weighted by Crippen LogP contribution is 2.34. The van der Waals surface area contributed by atoms with E-state index in [4.69, 9.17) is 0 Å². The molecule has 0 unspecified atom stereocenters. The Kier molecular flexibility index (Phi) is 6.95. The summed E-state index contributed by atoms with van der Waals surface area (Å²) in [6.07, 6.45) is 9.33. The average molecular weight is 492 g/mol. The zero-order valence-electron chi connectivity index (χ0n) is 21.0. The summed E-state index contributed by atoms with van der Waals surface area (Å²) in [6.45, 7) is 2.76. The van der Waals surface area contributed by atoms with Crippen LogP contribution in [0.25, 0.3) is 11.1 Å². The number of carbonyl (C=O) groups is 4. The van der Waals surface area contributed by atoms with Gasteiger partial charge in [-0.25, -0.2) is 0 Å². The van der Waals surface area contributed by atoms with Gasteiger partial charge in [0.2, 0.25) is 0 Å². The van der Waals surface area contributed by atoms with E-state index in [0.717, 1.165) is 19.3 Å². The summed E-state index contributed by atoms with van der Waals surface area (Å²) in [5, 5.41) is 0. The monoisotopic (exact) mass is 491 g/mol. The molecule has 0 radical (unpaired) electrons. The zero-order valence-corrected chi connectivity index (χ0v) is 21.0. The number of ketones is 4. The van der Waals surface area contributed by atoms with Crippen molar-refractivity contribution < 1.29 is 19.2 Å². The molecule has 0 atom stereocenters. The fraction of sp³-hybridized carbons (Fsp3) is 0.250. The molecule has 5 nitrogen and oxygen atoms in total. The molecule has 3 aromatic rings. The molecular formula is C32H29NO4. The Morgan fingerprint density at radius 1 is 0.541 bits per heavy atom. The molecule has 0 saturated carbocycles. The number of benzene rings is 2. The third kappa shape index (κ3) is 4.57. The lowest BCUT2D eigenvalue weighted by Gasteiger charge is -2.21. The van der Waals surface area contributed by atoms with Gasteiger partial charge in [0, 0.05) is 28.8 Å². The van der Waals surface area contributed by atoms with Crippen molar-refractivity contribution in [2.24, 2.45) is 0 Å². The molecule has 1 heterocycles. The maximum Gasteiger partial charge on any atom is 0.196 e. The van der Waals surface area contributed by atoms with Crippen molar-refractivity contribution in [3.8, 4) is 0 Å². The molecule has 2 aliphatic rings. The highest BCUT2D eigenvalue weighted by Gasteiger charge is 2.31. The summed E-state index contributed by atoms with van der Waals surface area (Å²) >= 11 is 0. The number of allylic oxidation sites excluding steroid dienone is 4. The molecule has 0 spiro atoms. The third-order valence-electron chi connectivity index (χ3n) is 7.18. The maximum atomic E-state index is 13.5. The van der Waals surface area contributed by atoms with Crippen LogP contribution < -0.4 is 0 Å². The smallest absolute Gasteiger partial charge is 0.196 e. The van der Waals surface area contributed by atoms with Gasteiger partial charge in [0.25, 0.3) is 0 Å². The molecule has 0 saturated heterocycles. The van der Waals surface area contributed by atoms with Crippen LogP contribution in [-0.4, -0.2) is 27.7 Å². The molecule has 0 bridgehead atoms. The van der Waals surface area contributed by atoms with Crippen LogP contribution >= 0.6 is 0 Å². The zero-order chi connectivity index (χ0) is 25.9. The fourth-order valence-electron chi connectivity index (χ4n) is 5.24. The molecule has 0 N–H and O–H groups in total. The summed E-state index contributed by atoms with van der Waals surface area (Å²) in [5.41, 5.74) is 3.39. The van der Waals surface area contributed by atoms with Crippen molar-refractivity contribution >= 4 is 34.3 Å². The molecule has 0 amide bonds. The molecule has 5 heteroatoms. The topological polar surface area (TPSA) is 73.2 Å². The SMILES string of the molecule is CCCCCCCCn1c(C2=CC(=O)c3ccccc3C2=O)ccc1C1=CC(=O)c2ccccc2C1=O. The highest BCUT2D eigenvalue weighted by molar-refractivity contribution is 6.40. The van der Waals surface area contributed by atoms with Crippen LogP contribution in [0.3, 0.4) is 0 Å². The second-order valence-corrected chi connectivity index (χ2v) is 9.62. The number of rotatable bonds is 9. The summed E-state index contributed by atoms with van der Waals surface area (Å²) in [6, 6.07) is 17.3. The number of fused-ring (bicyclic) bond motifs is 2. The first kappa shape index (κ1) is 24.6. The molecular weight excluding hydrogens is 462 g/mol. The minimum atomic E-state index is -0.214. The largest absolute Gasteiger partial charge is 0.340 e. The van der Waals surface area contributed by atoms with E-state index < -0.39 is 0 Å². The average Bonchev–Trinajstić information content (AvgIpc) is 3.33. The first-order chi connectivity index (χ1) is 18.0. The highest BCUT2D eigenvalue weighted by atomic mass is 16.1. The van der Waals surface area contributed by atoms with Crippen molar-refractivity contribution in [1.82, 2.24) is 4.57 Å². The number of carbonyl (C=O) groups excluding carboxylic acids is 4. The quantitative estimate of drug-likeness (QED) is 0.310. The van der Waals surface area contributed by atoms with Gasteiger partial charge >= 0.3 is 0 Å². The number of hydrogen-bond acceptors (Lipinski definition) is 4. The number of Topliss-reactive ketones (excluding diaryl/α,β-unsaturated/α-hetero) is 2. The van der Waals surface area contributed by atoms with E-state index in [-0.39, 0.29) is 23.1 Å². The van der Waals surface area contributed by atoms with Gasteiger partial charge in [-0.2, -0.15) is 0 Å². The Hall–Kier alpha value is -4.12. The second kappa shape index (κ2) is 10.5. The normalized spacial score (nSPS) is 14.8. The van der Waals surface area contributed by atoms with Crippen molar-refractivity contribution in [2.45, 2.75) is 52.0 Å². The summed E-state index contributed by atoms with van der Waals surface area (Å²) in [4.78, 5) is 52.7. The van der Waals surface area contributed by atoms with Gasteiger partial charge in [0.15, 0.2) is 23.1 Å². The van der Waals surface area contributed by atoms with Gasteiger partial charge in [-0.3, -0.25) is 19.2 Å². The van der Waals surface area contributed by atoms with Crippen molar-refractivity contribution in [3.05, 3.63) is 106 Å². The van der Waals surface area contributed by atoms with Crippen LogP contribution in [0.15, 0.2) is 72.8 Å². The molecule has 186 valence electrons. The van der Waals surface area contributed by atoms with Gasteiger partial charge in [0.05, 0.1) is 22.5 Å². The van der Waals surface area contributed by atoms with Crippen LogP contribution in [-0.2, 0) is 6.54 Å². The van der Waals surface area contributed by atoms with Gasteiger partial charge in [-0.1, -0.05) is 87.6 Å². The fourth-order valence-corrected chi connectivity index (χ4v) is 5.24. The van der Waals surface area contributed by atoms with E-state index in [1.54, 1.807) is 60.7 Å². The van der Waals surface area contributed by atoms with E-state index in [2.05, 4.69) is 6.92 Å². The summed E-state index contributed by atoms with van der Waals surface area (Å²) in [7, 11) is 0. The minimum Gasteiger partial charge on any atom is -0.340 e. The van der Waals surface area contributed by atoms with Crippen LogP contribution in [0.5, 0.6) is 0 Å². The number of unbranched alkanes of at least 4 members (excludes halogenated alkanes) is 5. The molecule has 0 aliphatic heterocycles. The Morgan fingerprint density at radius 2 is 0.973 bits per heavy atom. The van der Waals surface area contributed by atoms with Crippen LogP contribution in [0.2, 0.25) is 0 Å². The second-order valence-electron chi connectivity index (χ2n) is 9.62. The van der Waals surface area contributed by atoms with E-state index in [1.165, 1.54) is 31.4 Å². The molecule has 5 rings (SSSR count). The standard InChI is InChI=1S/C32H29NO4/c1-2-3-4-5-6-11-18-33-27(25-19-29(34)21-12-7-9-14-23(21)31(25)36)16-17-28(33)26-20-30(35)22-13-8-10-15-24(22)32(26)37/h7-10,12-17,19-20H,2-6,11,18H2,1H3. The molecule has 2 aromatic carbocycles. The van der Waals surface area contributed by atoms with Crippen LogP contribution in [0.1, 0.15) is 98.3 Å². The number of aromatic nitrogens is 1. The molecule has 0 fully saturated rings. The summed E-state index contributed by atoms with van der Waals surface area (Å²) in [5.74, 6) is -0.851. The van der Waals surface area contributed by atoms with Crippen LogP contribution in [0, 0.1) is 0 Å². The lowest BCUT2D eigenvalue weighted by atomic mass is 9.88. The van der Waals surface area contributed by atoms with E-state index >= 15 is 0 Å². The number of nitrogens with zero attached hydrogens (tertiary/aromatic N) is 1. The minimum absolute atomic E-state index is 0.212. The first-order valence-corrected chi connectivity index (χ1v) is 13.0. The maximum absolute atomic E-state index is 13.5. The van der Waals surface area contributed by atoms with E-state index in [1.807, 2.05) is 4.57 Å². The van der Waals surface area contributed by atoms with Crippen LogP contribution in [0.4, 0.5) is 0 Å². The molecule has 1 aromatic heterocycles. The first-order valence-electron chi connectivity index (χ1n) is 13.0. The number of hydrogen-bond donors (Lipinski definition) is 0. The summed E-state index contributed by atoms with van der Waals surface area (Å²) < 4.78 is 1.94. The lowest BCUT2D eigenvalue weighted by molar-refractivity contribution is 0.100. The Balaban J connectivity index is 1.54. The lowest BCUT2D eigenvalue weighted by Crippen LogP contribution is -2.21. The van der Waals surface area contributed by atoms with E-state index in [9.17, 15) is 19.2 Å². The van der Waals surface area contributed by atoms with Gasteiger partial charge in [-0.05, 0) is 30.7 Å². The molecule has 2 aliphatic carbocycles. The van der Waals surface area contributed by atoms with Crippen molar-refractivity contribution in [3.63, 3.8) is 0 Å². The van der Waals surface area contributed by atoms with Gasteiger partial charge < -0.3 is 4.57 Å². The molecule has 37 heavy (non-hydrogen) atoms.